The smallest absolute Gasteiger partial charge is 0.254 e. The van der Waals surface area contributed by atoms with Crippen LogP contribution in [0, 0.1) is 0 Å². The van der Waals surface area contributed by atoms with Crippen molar-refractivity contribution in [1.29, 1.82) is 0 Å². The Labute approximate surface area is 184 Å². The van der Waals surface area contributed by atoms with E-state index in [1.165, 1.54) is 6.20 Å². The van der Waals surface area contributed by atoms with Crippen molar-refractivity contribution >= 4 is 34.3 Å². The molecule has 0 bridgehead atoms. The van der Waals surface area contributed by atoms with Crippen LogP contribution in [0.4, 0.5) is 17.5 Å². The van der Waals surface area contributed by atoms with E-state index in [9.17, 15) is 4.79 Å². The molecule has 0 fully saturated rings. The molecule has 32 heavy (non-hydrogen) atoms. The number of para-hydroxylation sites is 1. The van der Waals surface area contributed by atoms with Crippen LogP contribution in [0.1, 0.15) is 10.4 Å². The van der Waals surface area contributed by atoms with Gasteiger partial charge in [0.25, 0.3) is 5.91 Å². The Morgan fingerprint density at radius 3 is 2.78 bits per heavy atom. The molecule has 6 N–H and O–H groups in total. The highest BCUT2D eigenvalue weighted by Gasteiger charge is 2.15. The minimum absolute atomic E-state index is 0.174. The Morgan fingerprint density at radius 1 is 1.19 bits per heavy atom. The molecule has 0 aliphatic carbocycles. The number of ether oxygens (including phenoxy) is 1. The fraction of sp³-hybridized carbons (Fsp3) is 0.182. The molecule has 1 unspecified atom stereocenters. The van der Waals surface area contributed by atoms with Crippen LogP contribution < -0.4 is 26.8 Å². The fourth-order valence-electron chi connectivity index (χ4n) is 3.14. The highest BCUT2D eigenvalue weighted by atomic mass is 16.5. The number of hydrogen-bond acceptors (Lipinski definition) is 8. The molecule has 1 atom stereocenters. The van der Waals surface area contributed by atoms with Gasteiger partial charge in [0.05, 0.1) is 17.2 Å². The number of nitrogens with one attached hydrogen (secondary N) is 2. The van der Waals surface area contributed by atoms with Crippen LogP contribution in [0.3, 0.4) is 0 Å². The normalized spacial score (nSPS) is 11.8. The monoisotopic (exact) mass is 432 g/mol. The SMILES string of the molecule is Cn1cc2c(Nc3nc(NCC(N)COc4ccccc4)ncc3C(N)=O)cccc2n1. The number of amides is 1. The zero-order valence-corrected chi connectivity index (χ0v) is 17.5. The molecular weight excluding hydrogens is 408 g/mol. The molecule has 2 aromatic heterocycles. The molecule has 10 nitrogen and oxygen atoms in total. The summed E-state index contributed by atoms with van der Waals surface area (Å²) >= 11 is 0. The van der Waals surface area contributed by atoms with Crippen molar-refractivity contribution < 1.29 is 9.53 Å². The predicted octanol–water partition coefficient (Wildman–Crippen LogP) is 2.02. The molecule has 4 rings (SSSR count). The number of benzene rings is 2. The zero-order valence-electron chi connectivity index (χ0n) is 17.5. The average molecular weight is 432 g/mol. The second kappa shape index (κ2) is 9.31. The highest BCUT2D eigenvalue weighted by Crippen LogP contribution is 2.26. The lowest BCUT2D eigenvalue weighted by Gasteiger charge is -2.15. The maximum atomic E-state index is 11.9. The lowest BCUT2D eigenvalue weighted by Crippen LogP contribution is -2.35. The van der Waals surface area contributed by atoms with Gasteiger partial charge in [-0.15, -0.1) is 0 Å². The van der Waals surface area contributed by atoms with Crippen molar-refractivity contribution in [2.24, 2.45) is 18.5 Å². The molecule has 0 saturated heterocycles. The van der Waals surface area contributed by atoms with Crippen LogP contribution in [0.15, 0.2) is 60.9 Å². The Morgan fingerprint density at radius 2 is 2.00 bits per heavy atom. The van der Waals surface area contributed by atoms with Gasteiger partial charge in [-0.05, 0) is 24.3 Å². The first kappa shape index (κ1) is 21.1. The number of rotatable bonds is 9. The maximum absolute atomic E-state index is 11.9. The van der Waals surface area contributed by atoms with Crippen molar-refractivity contribution in [2.45, 2.75) is 6.04 Å². The summed E-state index contributed by atoms with van der Waals surface area (Å²) in [5, 5.41) is 11.5. The van der Waals surface area contributed by atoms with E-state index in [2.05, 4.69) is 25.7 Å². The topological polar surface area (TPSA) is 146 Å². The lowest BCUT2D eigenvalue weighted by atomic mass is 10.2. The predicted molar refractivity (Wildman–Crippen MR) is 123 cm³/mol. The number of fused-ring (bicyclic) bond motifs is 1. The average Bonchev–Trinajstić information content (AvgIpc) is 3.18. The molecule has 0 spiro atoms. The largest absolute Gasteiger partial charge is 0.492 e. The van der Waals surface area contributed by atoms with Crippen LogP contribution >= 0.6 is 0 Å². The Balaban J connectivity index is 1.47. The molecule has 4 aromatic rings. The van der Waals surface area contributed by atoms with E-state index in [0.29, 0.717) is 24.9 Å². The molecule has 0 aliphatic rings. The Kier molecular flexibility index (Phi) is 6.13. The van der Waals surface area contributed by atoms with Gasteiger partial charge in [-0.25, -0.2) is 4.98 Å². The number of aromatic nitrogens is 4. The van der Waals surface area contributed by atoms with Crippen LogP contribution in [0.2, 0.25) is 0 Å². The maximum Gasteiger partial charge on any atom is 0.254 e. The van der Waals surface area contributed by atoms with Gasteiger partial charge in [0.1, 0.15) is 23.7 Å². The van der Waals surface area contributed by atoms with Crippen LogP contribution in [0.5, 0.6) is 5.75 Å². The number of nitrogens with zero attached hydrogens (tertiary/aromatic N) is 4. The van der Waals surface area contributed by atoms with E-state index in [1.807, 2.05) is 61.8 Å². The number of anilines is 3. The molecule has 0 saturated carbocycles. The van der Waals surface area contributed by atoms with E-state index < -0.39 is 5.91 Å². The number of aryl methyl sites for hydroxylation is 1. The first-order valence-electron chi connectivity index (χ1n) is 10.0. The van der Waals surface area contributed by atoms with Gasteiger partial charge in [0.15, 0.2) is 0 Å². The van der Waals surface area contributed by atoms with Crippen molar-refractivity contribution in [2.75, 3.05) is 23.8 Å². The second-order valence-electron chi connectivity index (χ2n) is 7.25. The summed E-state index contributed by atoms with van der Waals surface area (Å²) in [6.45, 7) is 0.699. The third-order valence-corrected chi connectivity index (χ3v) is 4.70. The summed E-state index contributed by atoms with van der Waals surface area (Å²) in [6, 6.07) is 14.8. The summed E-state index contributed by atoms with van der Waals surface area (Å²) in [4.78, 5) is 20.5. The summed E-state index contributed by atoms with van der Waals surface area (Å²) in [6.07, 6.45) is 3.27. The Bertz CT molecular complexity index is 1230. The van der Waals surface area contributed by atoms with E-state index in [0.717, 1.165) is 22.3 Å². The summed E-state index contributed by atoms with van der Waals surface area (Å²) in [5.41, 5.74) is 13.4. The Hall–Kier alpha value is -4.18. The van der Waals surface area contributed by atoms with Gasteiger partial charge in [0, 0.05) is 31.4 Å². The van der Waals surface area contributed by atoms with E-state index in [1.54, 1.807) is 4.68 Å². The molecule has 2 aromatic carbocycles. The molecule has 10 heteroatoms. The molecule has 0 radical (unpaired) electrons. The lowest BCUT2D eigenvalue weighted by molar-refractivity contribution is 0.100. The van der Waals surface area contributed by atoms with Gasteiger partial charge in [-0.3, -0.25) is 9.48 Å². The molecule has 2 heterocycles. The van der Waals surface area contributed by atoms with E-state index >= 15 is 0 Å². The number of carbonyl (C=O) groups excluding carboxylic acids is 1. The summed E-state index contributed by atoms with van der Waals surface area (Å²) in [5.74, 6) is 0.720. The van der Waals surface area contributed by atoms with Crippen LogP contribution in [-0.2, 0) is 7.05 Å². The molecule has 0 aliphatic heterocycles. The highest BCUT2D eigenvalue weighted by molar-refractivity contribution is 6.00. The quantitative estimate of drug-likeness (QED) is 0.314. The van der Waals surface area contributed by atoms with E-state index in [4.69, 9.17) is 16.2 Å². The van der Waals surface area contributed by atoms with Gasteiger partial charge in [0.2, 0.25) is 5.95 Å². The molecule has 1 amide bonds. The first-order valence-corrected chi connectivity index (χ1v) is 10.0. The van der Waals surface area contributed by atoms with Crippen LogP contribution in [0.25, 0.3) is 10.9 Å². The van der Waals surface area contributed by atoms with Crippen LogP contribution in [-0.4, -0.2) is 44.8 Å². The molecular formula is C22H24N8O2. The standard InChI is InChI=1S/C22H24N8O2/c1-30-12-17-18(8-5-9-19(17)29-30)27-21-16(20(24)31)11-26-22(28-21)25-10-14(23)13-32-15-6-3-2-4-7-15/h2-9,11-12,14H,10,13,23H2,1H3,(H2,24,31)(H2,25,26,27,28). The minimum atomic E-state index is -0.634. The number of nitrogens with two attached hydrogens (primary N) is 2. The first-order chi connectivity index (χ1) is 15.5. The summed E-state index contributed by atoms with van der Waals surface area (Å²) in [7, 11) is 1.84. The van der Waals surface area contributed by atoms with E-state index in [-0.39, 0.29) is 11.6 Å². The zero-order chi connectivity index (χ0) is 22.5. The van der Waals surface area contributed by atoms with Crippen molar-refractivity contribution in [1.82, 2.24) is 19.7 Å². The third-order valence-electron chi connectivity index (χ3n) is 4.70. The van der Waals surface area contributed by atoms with Crippen molar-refractivity contribution in [3.8, 4) is 5.75 Å². The third kappa shape index (κ3) is 4.93. The summed E-state index contributed by atoms with van der Waals surface area (Å²) < 4.78 is 7.38. The van der Waals surface area contributed by atoms with Gasteiger partial charge in [-0.2, -0.15) is 10.1 Å². The number of hydrogen-bond donors (Lipinski definition) is 4. The second-order valence-corrected chi connectivity index (χ2v) is 7.25. The number of primary amides is 1. The van der Waals surface area contributed by atoms with Crippen molar-refractivity contribution in [3.05, 3.63) is 66.5 Å². The molecule has 164 valence electrons. The fourth-order valence-corrected chi connectivity index (χ4v) is 3.14. The van der Waals surface area contributed by atoms with Gasteiger partial charge < -0.3 is 26.8 Å². The van der Waals surface area contributed by atoms with Gasteiger partial charge in [-0.1, -0.05) is 24.3 Å². The van der Waals surface area contributed by atoms with Gasteiger partial charge >= 0.3 is 0 Å². The minimum Gasteiger partial charge on any atom is -0.492 e. The number of carbonyl (C=O) groups is 1. The van der Waals surface area contributed by atoms with Crippen molar-refractivity contribution in [3.63, 3.8) is 0 Å².